The van der Waals surface area contributed by atoms with Gasteiger partial charge in [0.05, 0.1) is 32.2 Å². The number of carbonyl (C=O) groups is 2. The molecule has 2 aliphatic rings. The second-order valence-electron chi connectivity index (χ2n) is 8.34. The summed E-state index contributed by atoms with van der Waals surface area (Å²) in [7, 11) is 1.59. The van der Waals surface area contributed by atoms with Crippen molar-refractivity contribution in [3.63, 3.8) is 0 Å². The van der Waals surface area contributed by atoms with Crippen LogP contribution in [-0.4, -0.2) is 59.1 Å². The number of amides is 2. The third-order valence-corrected chi connectivity index (χ3v) is 6.62. The van der Waals surface area contributed by atoms with Crippen LogP contribution in [0.4, 0.5) is 5.69 Å². The van der Waals surface area contributed by atoms with Crippen molar-refractivity contribution in [3.8, 4) is 5.75 Å². The van der Waals surface area contributed by atoms with Gasteiger partial charge in [0.15, 0.2) is 0 Å². The number of hydrogen-bond acceptors (Lipinski definition) is 5. The number of fused-ring (bicyclic) bond motifs is 3. The summed E-state index contributed by atoms with van der Waals surface area (Å²) in [4.78, 5) is 34.4. The van der Waals surface area contributed by atoms with E-state index in [1.165, 1.54) is 0 Å². The Hall–Kier alpha value is -3.71. The van der Waals surface area contributed by atoms with Gasteiger partial charge in [0, 0.05) is 35.6 Å². The predicted octanol–water partition coefficient (Wildman–Crippen LogP) is 2.65. The summed E-state index contributed by atoms with van der Waals surface area (Å²) >= 11 is 0. The Morgan fingerprint density at radius 1 is 1.06 bits per heavy atom. The van der Waals surface area contributed by atoms with Crippen molar-refractivity contribution in [1.29, 1.82) is 0 Å². The van der Waals surface area contributed by atoms with Gasteiger partial charge in [-0.15, -0.1) is 0 Å². The van der Waals surface area contributed by atoms with Crippen molar-refractivity contribution in [2.45, 2.75) is 24.4 Å². The van der Waals surface area contributed by atoms with Gasteiger partial charge in [-0.05, 0) is 48.0 Å². The van der Waals surface area contributed by atoms with Crippen molar-refractivity contribution in [3.05, 3.63) is 89.7 Å². The number of pyridine rings is 1. The minimum Gasteiger partial charge on any atom is -0.497 e. The molecule has 168 valence electrons. The minimum atomic E-state index is -0.314. The fraction of sp³-hybridized carbons (Fsp3) is 0.269. The summed E-state index contributed by atoms with van der Waals surface area (Å²) in [6, 6.07) is 19.8. The van der Waals surface area contributed by atoms with Crippen molar-refractivity contribution >= 4 is 17.5 Å². The highest BCUT2D eigenvalue weighted by atomic mass is 16.5. The van der Waals surface area contributed by atoms with Gasteiger partial charge < -0.3 is 19.6 Å². The van der Waals surface area contributed by atoms with E-state index in [1.807, 2.05) is 42.5 Å². The normalized spacial score (nSPS) is 21.0. The number of carbonyl (C=O) groups excluding carboxylic acids is 2. The molecule has 0 radical (unpaired) electrons. The zero-order chi connectivity index (χ0) is 22.9. The topological polar surface area (TPSA) is 83.0 Å². The summed E-state index contributed by atoms with van der Waals surface area (Å²) in [6.45, 7) is 0.243. The number of likely N-dealkylation sites (tertiary alicyclic amines) is 1. The predicted molar refractivity (Wildman–Crippen MR) is 123 cm³/mol. The quantitative estimate of drug-likeness (QED) is 0.656. The van der Waals surface area contributed by atoms with E-state index in [2.05, 4.69) is 4.98 Å². The van der Waals surface area contributed by atoms with Gasteiger partial charge in [0.25, 0.3) is 5.91 Å². The molecule has 7 heteroatoms. The average molecular weight is 444 g/mol. The van der Waals surface area contributed by atoms with Crippen molar-refractivity contribution in [2.24, 2.45) is 0 Å². The lowest BCUT2D eigenvalue weighted by molar-refractivity contribution is -0.149. The highest BCUT2D eigenvalue weighted by Crippen LogP contribution is 2.48. The lowest BCUT2D eigenvalue weighted by Gasteiger charge is -2.59. The molecular formula is C26H25N3O4. The van der Waals surface area contributed by atoms with E-state index < -0.39 is 0 Å². The zero-order valence-electron chi connectivity index (χ0n) is 18.3. The molecule has 3 heterocycles. The van der Waals surface area contributed by atoms with Gasteiger partial charge >= 0.3 is 0 Å². The number of aromatic nitrogens is 1. The molecule has 7 nitrogen and oxygen atoms in total. The van der Waals surface area contributed by atoms with Crippen LogP contribution in [0.25, 0.3) is 0 Å². The number of benzene rings is 2. The van der Waals surface area contributed by atoms with Crippen LogP contribution in [0.1, 0.15) is 27.5 Å². The molecule has 33 heavy (non-hydrogen) atoms. The second kappa shape index (κ2) is 8.67. The van der Waals surface area contributed by atoms with Crippen LogP contribution in [0.2, 0.25) is 0 Å². The molecule has 1 saturated heterocycles. The van der Waals surface area contributed by atoms with Gasteiger partial charge in [-0.25, -0.2) is 0 Å². The van der Waals surface area contributed by atoms with Gasteiger partial charge in [0.2, 0.25) is 5.91 Å². The largest absolute Gasteiger partial charge is 0.497 e. The Labute approximate surface area is 192 Å². The lowest BCUT2D eigenvalue weighted by atomic mass is 9.71. The maximum Gasteiger partial charge on any atom is 0.258 e. The minimum absolute atomic E-state index is 0.0150. The number of aliphatic hydroxyl groups is 1. The van der Waals surface area contributed by atoms with Crippen LogP contribution in [0.5, 0.6) is 5.75 Å². The average Bonchev–Trinajstić information content (AvgIpc) is 2.84. The van der Waals surface area contributed by atoms with Crippen molar-refractivity contribution < 1.29 is 19.4 Å². The van der Waals surface area contributed by atoms with E-state index in [0.717, 1.165) is 11.3 Å². The van der Waals surface area contributed by atoms with Crippen LogP contribution in [-0.2, 0) is 11.2 Å². The molecule has 0 saturated carbocycles. The number of nitrogens with zero attached hydrogens (tertiary/aromatic N) is 3. The first kappa shape index (κ1) is 21.2. The maximum absolute atomic E-state index is 13.5. The third kappa shape index (κ3) is 3.64. The van der Waals surface area contributed by atoms with E-state index in [0.29, 0.717) is 23.6 Å². The van der Waals surface area contributed by atoms with E-state index in [-0.39, 0.29) is 42.8 Å². The first-order chi connectivity index (χ1) is 16.1. The Balaban J connectivity index is 1.46. The summed E-state index contributed by atoms with van der Waals surface area (Å²) in [5.74, 6) is 0.443. The monoisotopic (exact) mass is 443 g/mol. The molecule has 1 aromatic heterocycles. The molecule has 2 aliphatic heterocycles. The third-order valence-electron chi connectivity index (χ3n) is 6.62. The molecule has 5 rings (SSSR count). The molecule has 1 fully saturated rings. The fourth-order valence-electron chi connectivity index (χ4n) is 5.07. The summed E-state index contributed by atoms with van der Waals surface area (Å²) in [6.07, 6.45) is 1.83. The Bertz CT molecular complexity index is 1170. The highest BCUT2D eigenvalue weighted by Gasteiger charge is 2.55. The summed E-state index contributed by atoms with van der Waals surface area (Å²) in [5, 5.41) is 10.1. The first-order valence-corrected chi connectivity index (χ1v) is 11.0. The molecule has 0 aliphatic carbocycles. The number of ether oxygens (including phenoxy) is 1. The van der Waals surface area contributed by atoms with Crippen LogP contribution in [0, 0.1) is 0 Å². The first-order valence-electron chi connectivity index (χ1n) is 11.0. The SMILES string of the molecule is COc1ccc(C(=O)N2C[C@@H]3[C@H](c4ccccc42)[C@@H](CO)N3C(=O)Cc2ccccn2)cc1. The molecule has 0 bridgehead atoms. The van der Waals surface area contributed by atoms with Crippen LogP contribution < -0.4 is 9.64 Å². The van der Waals surface area contributed by atoms with E-state index in [4.69, 9.17) is 4.74 Å². The molecule has 3 aromatic rings. The molecule has 1 N–H and O–H groups in total. The molecular weight excluding hydrogens is 418 g/mol. The van der Waals surface area contributed by atoms with Gasteiger partial charge in [-0.2, -0.15) is 0 Å². The standard InChI is InChI=1S/C26H25N3O4/c1-33-19-11-9-17(10-12-19)26(32)28-15-22-25(20-7-2-3-8-21(20)28)23(16-30)29(22)24(31)14-18-6-4-5-13-27-18/h2-13,22-23,25,30H,14-16H2,1H3/t22-,23-,25+/m1/s1. The van der Waals surface area contributed by atoms with Crippen molar-refractivity contribution in [1.82, 2.24) is 9.88 Å². The second-order valence-corrected chi connectivity index (χ2v) is 8.34. The number of rotatable bonds is 5. The van der Waals surface area contributed by atoms with E-state index in [9.17, 15) is 14.7 Å². The van der Waals surface area contributed by atoms with Gasteiger partial charge in [-0.1, -0.05) is 24.3 Å². The molecule has 2 aromatic carbocycles. The molecule has 3 atom stereocenters. The fourth-order valence-corrected chi connectivity index (χ4v) is 5.07. The van der Waals surface area contributed by atoms with Crippen LogP contribution in [0.3, 0.4) is 0 Å². The van der Waals surface area contributed by atoms with Crippen LogP contribution >= 0.6 is 0 Å². The number of para-hydroxylation sites is 1. The highest BCUT2D eigenvalue weighted by molar-refractivity contribution is 6.07. The van der Waals surface area contributed by atoms with E-state index >= 15 is 0 Å². The van der Waals surface area contributed by atoms with Gasteiger partial charge in [0.1, 0.15) is 5.75 Å². The Morgan fingerprint density at radius 3 is 2.52 bits per heavy atom. The van der Waals surface area contributed by atoms with Gasteiger partial charge in [-0.3, -0.25) is 14.6 Å². The zero-order valence-corrected chi connectivity index (χ0v) is 18.3. The number of aliphatic hydroxyl groups excluding tert-OH is 1. The molecule has 2 amide bonds. The summed E-state index contributed by atoms with van der Waals surface area (Å²) < 4.78 is 5.21. The number of anilines is 1. The lowest BCUT2D eigenvalue weighted by Crippen LogP contribution is -2.71. The Kier molecular flexibility index (Phi) is 5.56. The summed E-state index contributed by atoms with van der Waals surface area (Å²) in [5.41, 5.74) is 3.05. The number of hydrogen-bond donors (Lipinski definition) is 1. The smallest absolute Gasteiger partial charge is 0.258 e. The molecule has 0 spiro atoms. The van der Waals surface area contributed by atoms with E-state index in [1.54, 1.807) is 47.4 Å². The Morgan fingerprint density at radius 2 is 1.82 bits per heavy atom. The maximum atomic E-state index is 13.5. The van der Waals surface area contributed by atoms with Crippen molar-refractivity contribution in [2.75, 3.05) is 25.2 Å². The number of methoxy groups -OCH3 is 1. The van der Waals surface area contributed by atoms with Crippen LogP contribution in [0.15, 0.2) is 72.9 Å². The molecule has 0 unspecified atom stereocenters.